The standard InChI is InChI=1S/C22H28N2O5S/c1-16(17-7-10-19(28-2)11-8-17)23-22(25)18-9-12-20(29-3)21(15-18)30(26,27)24-13-5-4-6-14-24/h7-12,15-16H,4-6,13-14H2,1-3H3,(H,23,25). The second kappa shape index (κ2) is 9.49. The summed E-state index contributed by atoms with van der Waals surface area (Å²) in [6, 6.07) is 11.7. The largest absolute Gasteiger partial charge is 0.497 e. The summed E-state index contributed by atoms with van der Waals surface area (Å²) in [6.45, 7) is 2.83. The highest BCUT2D eigenvalue weighted by Crippen LogP contribution is 2.30. The lowest BCUT2D eigenvalue weighted by molar-refractivity contribution is 0.0939. The molecule has 0 aromatic heterocycles. The van der Waals surface area contributed by atoms with Crippen LogP contribution >= 0.6 is 0 Å². The van der Waals surface area contributed by atoms with Crippen molar-refractivity contribution >= 4 is 15.9 Å². The lowest BCUT2D eigenvalue weighted by atomic mass is 10.1. The quantitative estimate of drug-likeness (QED) is 0.725. The molecule has 8 heteroatoms. The molecule has 1 aliphatic rings. The summed E-state index contributed by atoms with van der Waals surface area (Å²) in [4.78, 5) is 12.8. The molecule has 1 saturated heterocycles. The summed E-state index contributed by atoms with van der Waals surface area (Å²) < 4.78 is 38.2. The molecule has 1 aliphatic heterocycles. The molecule has 0 radical (unpaired) electrons. The summed E-state index contributed by atoms with van der Waals surface area (Å²) in [5.41, 5.74) is 1.19. The second-order valence-electron chi connectivity index (χ2n) is 7.30. The first-order valence-corrected chi connectivity index (χ1v) is 11.4. The topological polar surface area (TPSA) is 84.9 Å². The highest BCUT2D eigenvalue weighted by molar-refractivity contribution is 7.89. The lowest BCUT2D eigenvalue weighted by Gasteiger charge is -2.26. The molecule has 0 aliphatic carbocycles. The van der Waals surface area contributed by atoms with Crippen molar-refractivity contribution in [3.8, 4) is 11.5 Å². The van der Waals surface area contributed by atoms with Crippen molar-refractivity contribution in [2.45, 2.75) is 37.1 Å². The predicted molar refractivity (Wildman–Crippen MR) is 114 cm³/mol. The van der Waals surface area contributed by atoms with Crippen LogP contribution in [-0.4, -0.2) is 45.9 Å². The summed E-state index contributed by atoms with van der Waals surface area (Å²) in [5, 5.41) is 2.92. The Morgan fingerprint density at radius 3 is 2.27 bits per heavy atom. The molecule has 3 rings (SSSR count). The molecular formula is C22H28N2O5S. The highest BCUT2D eigenvalue weighted by atomic mass is 32.2. The van der Waals surface area contributed by atoms with Gasteiger partial charge in [0, 0.05) is 18.7 Å². The average molecular weight is 433 g/mol. The Balaban J connectivity index is 1.83. The van der Waals surface area contributed by atoms with Gasteiger partial charge in [-0.3, -0.25) is 4.79 Å². The van der Waals surface area contributed by atoms with E-state index in [0.717, 1.165) is 30.6 Å². The number of benzene rings is 2. The van der Waals surface area contributed by atoms with Crippen LogP contribution in [0, 0.1) is 0 Å². The number of piperidine rings is 1. The van der Waals surface area contributed by atoms with Crippen molar-refractivity contribution in [2.75, 3.05) is 27.3 Å². The Labute approximate surface area is 178 Å². The summed E-state index contributed by atoms with van der Waals surface area (Å²) >= 11 is 0. The minimum absolute atomic E-state index is 0.0247. The number of methoxy groups -OCH3 is 2. The summed E-state index contributed by atoms with van der Waals surface area (Å²) in [7, 11) is -0.711. The van der Waals surface area contributed by atoms with Crippen molar-refractivity contribution in [3.05, 3.63) is 53.6 Å². The molecule has 1 N–H and O–H groups in total. The third-order valence-corrected chi connectivity index (χ3v) is 7.24. The van der Waals surface area contributed by atoms with Crippen LogP contribution in [-0.2, 0) is 10.0 Å². The van der Waals surface area contributed by atoms with E-state index in [1.165, 1.54) is 23.5 Å². The van der Waals surface area contributed by atoms with E-state index in [0.29, 0.717) is 13.1 Å². The molecule has 0 spiro atoms. The number of hydrogen-bond acceptors (Lipinski definition) is 5. The number of sulfonamides is 1. The van der Waals surface area contributed by atoms with Gasteiger partial charge in [0.15, 0.2) is 0 Å². The maximum Gasteiger partial charge on any atom is 0.251 e. The van der Waals surface area contributed by atoms with Crippen LogP contribution in [0.1, 0.15) is 48.1 Å². The zero-order valence-electron chi connectivity index (χ0n) is 17.6. The van der Waals surface area contributed by atoms with E-state index in [2.05, 4.69) is 5.32 Å². The van der Waals surface area contributed by atoms with Crippen molar-refractivity contribution in [2.24, 2.45) is 0 Å². The second-order valence-corrected chi connectivity index (χ2v) is 9.21. The number of amides is 1. The molecule has 1 unspecified atom stereocenters. The monoisotopic (exact) mass is 432 g/mol. The van der Waals surface area contributed by atoms with Gasteiger partial charge in [-0.2, -0.15) is 4.31 Å². The smallest absolute Gasteiger partial charge is 0.251 e. The van der Waals surface area contributed by atoms with Gasteiger partial charge in [0.2, 0.25) is 10.0 Å². The Hall–Kier alpha value is -2.58. The van der Waals surface area contributed by atoms with Gasteiger partial charge < -0.3 is 14.8 Å². The van der Waals surface area contributed by atoms with Crippen molar-refractivity contribution < 1.29 is 22.7 Å². The van der Waals surface area contributed by atoms with Gasteiger partial charge in [-0.25, -0.2) is 8.42 Å². The summed E-state index contributed by atoms with van der Waals surface area (Å²) in [6.07, 6.45) is 2.69. The van der Waals surface area contributed by atoms with Crippen molar-refractivity contribution in [3.63, 3.8) is 0 Å². The van der Waals surface area contributed by atoms with Gasteiger partial charge >= 0.3 is 0 Å². The number of nitrogens with zero attached hydrogens (tertiary/aromatic N) is 1. The average Bonchev–Trinajstić information content (AvgIpc) is 2.79. The summed E-state index contributed by atoms with van der Waals surface area (Å²) in [5.74, 6) is 0.622. The molecule has 1 atom stereocenters. The van der Waals surface area contributed by atoms with Gasteiger partial charge in [-0.1, -0.05) is 18.6 Å². The molecule has 7 nitrogen and oxygen atoms in total. The van der Waals surface area contributed by atoms with Crippen molar-refractivity contribution in [1.29, 1.82) is 0 Å². The van der Waals surface area contributed by atoms with Crippen LogP contribution < -0.4 is 14.8 Å². The fourth-order valence-corrected chi connectivity index (χ4v) is 5.22. The molecule has 2 aromatic rings. The van der Waals surface area contributed by atoms with Crippen LogP contribution in [0.5, 0.6) is 11.5 Å². The Bertz CT molecular complexity index is 983. The molecule has 0 saturated carbocycles. The zero-order chi connectivity index (χ0) is 21.7. The van der Waals surface area contributed by atoms with Gasteiger partial charge in [0.05, 0.1) is 20.3 Å². The van der Waals surface area contributed by atoms with Crippen molar-refractivity contribution in [1.82, 2.24) is 9.62 Å². The minimum Gasteiger partial charge on any atom is -0.497 e. The van der Waals surface area contributed by atoms with E-state index in [9.17, 15) is 13.2 Å². The first-order valence-electron chi connectivity index (χ1n) is 10.00. The molecule has 30 heavy (non-hydrogen) atoms. The fraction of sp³-hybridized carbons (Fsp3) is 0.409. The molecular weight excluding hydrogens is 404 g/mol. The van der Waals surface area contributed by atoms with E-state index in [1.54, 1.807) is 13.2 Å². The zero-order valence-corrected chi connectivity index (χ0v) is 18.4. The Kier molecular flexibility index (Phi) is 6.99. The van der Waals surface area contributed by atoms with E-state index < -0.39 is 10.0 Å². The van der Waals surface area contributed by atoms with E-state index in [-0.39, 0.29) is 28.2 Å². The van der Waals surface area contributed by atoms with Gasteiger partial charge in [0.25, 0.3) is 5.91 Å². The molecule has 2 aromatic carbocycles. The lowest BCUT2D eigenvalue weighted by Crippen LogP contribution is -2.36. The number of hydrogen-bond donors (Lipinski definition) is 1. The first kappa shape index (κ1) is 22.1. The van der Waals surface area contributed by atoms with E-state index in [1.807, 2.05) is 31.2 Å². The number of rotatable bonds is 7. The maximum absolute atomic E-state index is 13.1. The Morgan fingerprint density at radius 2 is 1.67 bits per heavy atom. The third-order valence-electron chi connectivity index (χ3n) is 5.32. The van der Waals surface area contributed by atoms with Gasteiger partial charge in [-0.05, 0) is 55.7 Å². The molecule has 0 bridgehead atoms. The number of carbonyl (C=O) groups excluding carboxylic acids is 1. The molecule has 162 valence electrons. The number of ether oxygens (including phenoxy) is 2. The first-order chi connectivity index (χ1) is 14.4. The van der Waals surface area contributed by atoms with Crippen LogP contribution in [0.3, 0.4) is 0 Å². The molecule has 1 amide bonds. The third kappa shape index (κ3) is 4.76. The van der Waals surface area contributed by atoms with E-state index >= 15 is 0 Å². The fourth-order valence-electron chi connectivity index (χ4n) is 3.52. The maximum atomic E-state index is 13.1. The van der Waals surface area contributed by atoms with Crippen LogP contribution in [0.15, 0.2) is 47.4 Å². The normalized spacial score (nSPS) is 16.0. The van der Waals surface area contributed by atoms with Gasteiger partial charge in [-0.15, -0.1) is 0 Å². The van der Waals surface area contributed by atoms with Gasteiger partial charge in [0.1, 0.15) is 16.4 Å². The highest BCUT2D eigenvalue weighted by Gasteiger charge is 2.29. The predicted octanol–water partition coefficient (Wildman–Crippen LogP) is 3.37. The number of carbonyl (C=O) groups is 1. The number of nitrogens with one attached hydrogen (secondary N) is 1. The van der Waals surface area contributed by atoms with Crippen LogP contribution in [0.25, 0.3) is 0 Å². The molecule has 1 fully saturated rings. The van der Waals surface area contributed by atoms with E-state index in [4.69, 9.17) is 9.47 Å². The van der Waals surface area contributed by atoms with Crippen LogP contribution in [0.4, 0.5) is 0 Å². The van der Waals surface area contributed by atoms with Crippen LogP contribution in [0.2, 0.25) is 0 Å². The minimum atomic E-state index is -3.73. The Morgan fingerprint density at radius 1 is 1.00 bits per heavy atom. The SMILES string of the molecule is COc1ccc(C(C)NC(=O)c2ccc(OC)c(S(=O)(=O)N3CCCCC3)c2)cc1. The molecule has 1 heterocycles.